The zero-order valence-corrected chi connectivity index (χ0v) is 14.1. The summed E-state index contributed by atoms with van der Waals surface area (Å²) < 4.78 is 2.78. The largest absolute Gasteiger partial charge is 0.481 e. The molecule has 6 heteroatoms. The van der Waals surface area contributed by atoms with Crippen molar-refractivity contribution in [3.63, 3.8) is 0 Å². The van der Waals surface area contributed by atoms with Crippen LogP contribution in [0, 0.1) is 5.92 Å². The second-order valence-corrected chi connectivity index (χ2v) is 6.79. The van der Waals surface area contributed by atoms with Crippen molar-refractivity contribution in [3.05, 3.63) is 22.4 Å². The number of rotatable bonds is 3. The van der Waals surface area contributed by atoms with Crippen LogP contribution in [0.5, 0.6) is 0 Å². The van der Waals surface area contributed by atoms with Gasteiger partial charge >= 0.3 is 5.97 Å². The molecule has 1 aromatic rings. The van der Waals surface area contributed by atoms with Crippen molar-refractivity contribution in [2.45, 2.75) is 45.7 Å². The van der Waals surface area contributed by atoms with Crippen LogP contribution >= 0.6 is 15.9 Å². The van der Waals surface area contributed by atoms with E-state index in [0.717, 1.165) is 10.9 Å². The molecule has 0 aliphatic carbocycles. The van der Waals surface area contributed by atoms with Gasteiger partial charge in [-0.25, -0.2) is 0 Å². The molecule has 0 radical (unpaired) electrons. The van der Waals surface area contributed by atoms with Gasteiger partial charge < -0.3 is 14.6 Å². The second-order valence-electron chi connectivity index (χ2n) is 5.87. The highest BCUT2D eigenvalue weighted by Gasteiger charge is 2.36. The number of amides is 1. The molecule has 1 aliphatic heterocycles. The Balaban J connectivity index is 2.29. The fraction of sp³-hybridized carbons (Fsp3) is 0.600. The Morgan fingerprint density at radius 1 is 1.43 bits per heavy atom. The van der Waals surface area contributed by atoms with E-state index in [-0.39, 0.29) is 18.0 Å². The molecule has 21 heavy (non-hydrogen) atoms. The summed E-state index contributed by atoms with van der Waals surface area (Å²) in [4.78, 5) is 25.8. The molecule has 0 spiro atoms. The van der Waals surface area contributed by atoms with Crippen molar-refractivity contribution in [2.75, 3.05) is 6.54 Å². The Bertz CT molecular complexity index is 553. The van der Waals surface area contributed by atoms with Crippen LogP contribution < -0.4 is 0 Å². The lowest BCUT2D eigenvalue weighted by atomic mass is 9.90. The Morgan fingerprint density at radius 3 is 2.67 bits per heavy atom. The number of carboxylic acid groups (broad SMARTS) is 1. The zero-order chi connectivity index (χ0) is 15.7. The number of piperidine rings is 1. The van der Waals surface area contributed by atoms with Gasteiger partial charge in [0.25, 0.3) is 5.91 Å². The third-order valence-electron chi connectivity index (χ3n) is 4.16. The number of aromatic nitrogens is 1. The van der Waals surface area contributed by atoms with Crippen molar-refractivity contribution in [1.29, 1.82) is 0 Å². The minimum atomic E-state index is -0.819. The zero-order valence-electron chi connectivity index (χ0n) is 12.5. The third kappa shape index (κ3) is 3.15. The van der Waals surface area contributed by atoms with E-state index in [9.17, 15) is 14.7 Å². The van der Waals surface area contributed by atoms with E-state index in [2.05, 4.69) is 15.9 Å². The lowest BCUT2D eigenvalue weighted by Crippen LogP contribution is -2.49. The smallest absolute Gasteiger partial charge is 0.308 e. The first-order valence-electron chi connectivity index (χ1n) is 7.24. The molecule has 2 rings (SSSR count). The highest BCUT2D eigenvalue weighted by Crippen LogP contribution is 2.27. The van der Waals surface area contributed by atoms with E-state index < -0.39 is 11.9 Å². The predicted molar refractivity (Wildman–Crippen MR) is 83.4 cm³/mol. The quantitative estimate of drug-likeness (QED) is 0.904. The second kappa shape index (κ2) is 6.22. The molecule has 1 aromatic heterocycles. The van der Waals surface area contributed by atoms with Crippen LogP contribution in [0.1, 0.15) is 50.1 Å². The summed E-state index contributed by atoms with van der Waals surface area (Å²) in [5, 5.41) is 9.28. The predicted octanol–water partition coefficient (Wildman–Crippen LogP) is 3.16. The van der Waals surface area contributed by atoms with Crippen molar-refractivity contribution in [3.8, 4) is 0 Å². The average Bonchev–Trinajstić information content (AvgIpc) is 2.80. The standard InChI is InChI=1S/C15H21BrN2O3/c1-9(2)18-8-11(16)7-13(18)14(19)17-6-4-5-12(10(17)3)15(20)21/h7-10,12H,4-6H2,1-3H3,(H,20,21)/t10-,12-/m0/s1. The first-order valence-corrected chi connectivity index (χ1v) is 8.03. The van der Waals surface area contributed by atoms with Crippen LogP contribution in [-0.4, -0.2) is 39.0 Å². The van der Waals surface area contributed by atoms with E-state index in [1.54, 1.807) is 11.0 Å². The van der Waals surface area contributed by atoms with Gasteiger partial charge in [-0.15, -0.1) is 0 Å². The van der Waals surface area contributed by atoms with Gasteiger partial charge in [-0.05, 0) is 55.6 Å². The molecular formula is C15H21BrN2O3. The van der Waals surface area contributed by atoms with Gasteiger partial charge in [0.2, 0.25) is 0 Å². The topological polar surface area (TPSA) is 62.5 Å². The Kier molecular flexibility index (Phi) is 4.76. The third-order valence-corrected chi connectivity index (χ3v) is 4.59. The number of halogens is 1. The van der Waals surface area contributed by atoms with Crippen LogP contribution in [0.2, 0.25) is 0 Å². The summed E-state index contributed by atoms with van der Waals surface area (Å²) in [6, 6.07) is 1.70. The molecule has 0 saturated carbocycles. The number of carbonyl (C=O) groups is 2. The minimum Gasteiger partial charge on any atom is -0.481 e. The van der Waals surface area contributed by atoms with Crippen LogP contribution in [0.15, 0.2) is 16.7 Å². The fourth-order valence-electron chi connectivity index (χ4n) is 2.95. The molecular weight excluding hydrogens is 336 g/mol. The van der Waals surface area contributed by atoms with Crippen LogP contribution in [0.3, 0.4) is 0 Å². The van der Waals surface area contributed by atoms with Gasteiger partial charge in [-0.3, -0.25) is 9.59 Å². The monoisotopic (exact) mass is 356 g/mol. The van der Waals surface area contributed by atoms with Crippen LogP contribution in [0.4, 0.5) is 0 Å². The number of aliphatic carboxylic acids is 1. The normalized spacial score (nSPS) is 22.6. The first kappa shape index (κ1) is 16.1. The van der Waals surface area contributed by atoms with Crippen molar-refractivity contribution >= 4 is 27.8 Å². The molecule has 5 nitrogen and oxygen atoms in total. The number of hydrogen-bond acceptors (Lipinski definition) is 2. The minimum absolute atomic E-state index is 0.0900. The molecule has 2 heterocycles. The molecule has 1 fully saturated rings. The summed E-state index contributed by atoms with van der Waals surface area (Å²) in [6.07, 6.45) is 3.26. The molecule has 1 saturated heterocycles. The summed E-state index contributed by atoms with van der Waals surface area (Å²) in [5.74, 6) is -1.39. The fourth-order valence-corrected chi connectivity index (χ4v) is 3.39. The van der Waals surface area contributed by atoms with E-state index in [0.29, 0.717) is 18.7 Å². The van der Waals surface area contributed by atoms with Crippen LogP contribution in [0.25, 0.3) is 0 Å². The lowest BCUT2D eigenvalue weighted by molar-refractivity contribution is -0.144. The molecule has 0 aromatic carbocycles. The SMILES string of the molecule is CC(C)n1cc(Br)cc1C(=O)N1CCC[C@H](C(=O)O)[C@@H]1C. The number of carboxylic acids is 1. The van der Waals surface area contributed by atoms with Gasteiger partial charge in [-0.2, -0.15) is 0 Å². The van der Waals surface area contributed by atoms with Crippen molar-refractivity contribution in [1.82, 2.24) is 9.47 Å². The first-order chi connectivity index (χ1) is 9.82. The summed E-state index contributed by atoms with van der Waals surface area (Å²) in [6.45, 7) is 6.48. The van der Waals surface area contributed by atoms with Gasteiger partial charge in [0.15, 0.2) is 0 Å². The molecule has 2 atom stereocenters. The van der Waals surface area contributed by atoms with Gasteiger partial charge in [0, 0.05) is 29.3 Å². The summed E-state index contributed by atoms with van der Waals surface area (Å²) in [5.41, 5.74) is 0.606. The van der Waals surface area contributed by atoms with Crippen molar-refractivity contribution in [2.24, 2.45) is 5.92 Å². The van der Waals surface area contributed by atoms with E-state index in [1.165, 1.54) is 0 Å². The van der Waals surface area contributed by atoms with Crippen LogP contribution in [-0.2, 0) is 4.79 Å². The van der Waals surface area contributed by atoms with Gasteiger partial charge in [0.05, 0.1) is 5.92 Å². The molecule has 1 amide bonds. The molecule has 0 unspecified atom stereocenters. The lowest BCUT2D eigenvalue weighted by Gasteiger charge is -2.37. The Hall–Kier alpha value is -1.30. The van der Waals surface area contributed by atoms with E-state index in [4.69, 9.17) is 0 Å². The number of nitrogens with zero attached hydrogens (tertiary/aromatic N) is 2. The maximum atomic E-state index is 12.8. The molecule has 0 bridgehead atoms. The molecule has 1 N–H and O–H groups in total. The number of hydrogen-bond donors (Lipinski definition) is 1. The Labute approximate surface area is 133 Å². The summed E-state index contributed by atoms with van der Waals surface area (Å²) >= 11 is 3.41. The average molecular weight is 357 g/mol. The maximum Gasteiger partial charge on any atom is 0.308 e. The molecule has 1 aliphatic rings. The van der Waals surface area contributed by atoms with E-state index >= 15 is 0 Å². The maximum absolute atomic E-state index is 12.8. The highest BCUT2D eigenvalue weighted by molar-refractivity contribution is 9.10. The van der Waals surface area contributed by atoms with E-state index in [1.807, 2.05) is 31.5 Å². The summed E-state index contributed by atoms with van der Waals surface area (Å²) in [7, 11) is 0. The van der Waals surface area contributed by atoms with Gasteiger partial charge in [0.1, 0.15) is 5.69 Å². The Morgan fingerprint density at radius 2 is 2.10 bits per heavy atom. The highest BCUT2D eigenvalue weighted by atomic mass is 79.9. The van der Waals surface area contributed by atoms with Gasteiger partial charge in [-0.1, -0.05) is 0 Å². The van der Waals surface area contributed by atoms with Crippen molar-refractivity contribution < 1.29 is 14.7 Å². The number of carbonyl (C=O) groups excluding carboxylic acids is 1. The number of likely N-dealkylation sites (tertiary alicyclic amines) is 1. The molecule has 116 valence electrons.